The summed E-state index contributed by atoms with van der Waals surface area (Å²) in [5.41, 5.74) is 8.78. The lowest BCUT2D eigenvalue weighted by molar-refractivity contribution is 0.0644. The second-order valence-corrected chi connectivity index (χ2v) is 12.8. The number of nitrogens with zero attached hydrogens (tertiary/aromatic N) is 3. The molecule has 1 saturated heterocycles. The van der Waals surface area contributed by atoms with Gasteiger partial charge in [-0.15, -0.1) is 6.58 Å². The molecule has 1 fully saturated rings. The number of hydrogen-bond acceptors (Lipinski definition) is 5. The Kier molecular flexibility index (Phi) is 8.33. The molecule has 0 aliphatic carbocycles. The number of anilines is 1. The first-order valence-electron chi connectivity index (χ1n) is 13.2. The number of aryl methyl sites for hydroxylation is 3. The van der Waals surface area contributed by atoms with Gasteiger partial charge < -0.3 is 14.8 Å². The Hall–Kier alpha value is -3.10. The zero-order valence-electron chi connectivity index (χ0n) is 23.3. The van der Waals surface area contributed by atoms with Gasteiger partial charge in [0, 0.05) is 68.7 Å². The van der Waals surface area contributed by atoms with Crippen molar-refractivity contribution < 1.29 is 13.2 Å². The SMILES string of the molecule is C=CCn1c(C)c(C)c2cc(C(=O)N3CCN(CCS(C)(=O)=O)CC3)cc(NCc3c(C)cccc3C)c21. The Labute approximate surface area is 227 Å². The van der Waals surface area contributed by atoms with E-state index in [-0.39, 0.29) is 11.7 Å². The van der Waals surface area contributed by atoms with E-state index in [9.17, 15) is 13.2 Å². The Morgan fingerprint density at radius 3 is 2.32 bits per heavy atom. The summed E-state index contributed by atoms with van der Waals surface area (Å²) >= 11 is 0. The number of carbonyl (C=O) groups is 1. The molecule has 0 bridgehead atoms. The van der Waals surface area contributed by atoms with Gasteiger partial charge in [-0.3, -0.25) is 9.69 Å². The number of benzene rings is 2. The van der Waals surface area contributed by atoms with Gasteiger partial charge in [0.1, 0.15) is 9.84 Å². The van der Waals surface area contributed by atoms with Crippen LogP contribution in [0.1, 0.15) is 38.3 Å². The highest BCUT2D eigenvalue weighted by Gasteiger charge is 2.25. The monoisotopic (exact) mass is 536 g/mol. The molecule has 0 saturated carbocycles. The number of carbonyl (C=O) groups excluding carboxylic acids is 1. The molecule has 1 aliphatic heterocycles. The van der Waals surface area contributed by atoms with E-state index in [1.54, 1.807) is 0 Å². The molecule has 38 heavy (non-hydrogen) atoms. The first-order chi connectivity index (χ1) is 18.0. The molecule has 0 unspecified atom stereocenters. The maximum absolute atomic E-state index is 13.7. The fraction of sp³-hybridized carbons (Fsp3) is 0.433. The number of rotatable bonds is 9. The molecule has 0 spiro atoms. The molecule has 0 atom stereocenters. The van der Waals surface area contributed by atoms with E-state index in [1.807, 2.05) is 23.1 Å². The van der Waals surface area contributed by atoms with Gasteiger partial charge in [0.2, 0.25) is 0 Å². The molecule has 204 valence electrons. The van der Waals surface area contributed by atoms with Crippen LogP contribution in [-0.2, 0) is 22.9 Å². The highest BCUT2D eigenvalue weighted by Crippen LogP contribution is 2.34. The number of hydrogen-bond donors (Lipinski definition) is 1. The average Bonchev–Trinajstić information content (AvgIpc) is 3.11. The Bertz CT molecular complexity index is 1440. The van der Waals surface area contributed by atoms with Crippen molar-refractivity contribution in [1.82, 2.24) is 14.4 Å². The number of amides is 1. The smallest absolute Gasteiger partial charge is 0.254 e. The van der Waals surface area contributed by atoms with Crippen LogP contribution >= 0.6 is 0 Å². The summed E-state index contributed by atoms with van der Waals surface area (Å²) in [7, 11) is -3.00. The zero-order chi connectivity index (χ0) is 27.6. The second-order valence-electron chi connectivity index (χ2n) is 10.5. The van der Waals surface area contributed by atoms with Crippen LogP contribution in [0.25, 0.3) is 10.9 Å². The summed E-state index contributed by atoms with van der Waals surface area (Å²) < 4.78 is 25.3. The van der Waals surface area contributed by atoms with Crippen molar-refractivity contribution in [3.05, 3.63) is 76.5 Å². The van der Waals surface area contributed by atoms with Crippen molar-refractivity contribution in [2.75, 3.05) is 50.0 Å². The van der Waals surface area contributed by atoms with Gasteiger partial charge in [0.15, 0.2) is 0 Å². The van der Waals surface area contributed by atoms with Crippen molar-refractivity contribution in [3.63, 3.8) is 0 Å². The van der Waals surface area contributed by atoms with Crippen LogP contribution in [0.3, 0.4) is 0 Å². The molecular formula is C30H40N4O3S. The summed E-state index contributed by atoms with van der Waals surface area (Å²) in [5, 5.41) is 4.75. The molecule has 3 aromatic rings. The standard InChI is InChI=1S/C30H40N4O3S/c1-7-11-34-24(5)23(4)26-18-25(30(35)33-14-12-32(13-15-33)16-17-38(6,36)37)19-28(29(26)34)31-20-27-21(2)9-8-10-22(27)3/h7-10,18-19,31H,1,11-17,20H2,2-6H3. The molecule has 1 amide bonds. The largest absolute Gasteiger partial charge is 0.379 e. The lowest BCUT2D eigenvalue weighted by Crippen LogP contribution is -2.49. The summed E-state index contributed by atoms with van der Waals surface area (Å²) in [6, 6.07) is 10.4. The zero-order valence-corrected chi connectivity index (χ0v) is 24.1. The summed E-state index contributed by atoms with van der Waals surface area (Å²) in [5.74, 6) is 0.158. The predicted octanol–water partition coefficient (Wildman–Crippen LogP) is 4.48. The average molecular weight is 537 g/mol. The molecule has 0 radical (unpaired) electrons. The summed E-state index contributed by atoms with van der Waals surface area (Å²) in [6.45, 7) is 16.8. The van der Waals surface area contributed by atoms with Gasteiger partial charge in [-0.2, -0.15) is 0 Å². The minimum Gasteiger partial charge on any atom is -0.379 e. The van der Waals surface area contributed by atoms with Crippen molar-refractivity contribution in [2.24, 2.45) is 0 Å². The van der Waals surface area contributed by atoms with Gasteiger partial charge in [0.25, 0.3) is 5.91 Å². The quantitative estimate of drug-likeness (QED) is 0.409. The van der Waals surface area contributed by atoms with Crippen molar-refractivity contribution >= 4 is 32.3 Å². The van der Waals surface area contributed by atoms with Crippen molar-refractivity contribution in [1.29, 1.82) is 0 Å². The highest BCUT2D eigenvalue weighted by molar-refractivity contribution is 7.90. The third-order valence-electron chi connectivity index (χ3n) is 7.83. The molecule has 7 nitrogen and oxygen atoms in total. The van der Waals surface area contributed by atoms with E-state index >= 15 is 0 Å². The lowest BCUT2D eigenvalue weighted by Gasteiger charge is -2.34. The number of allylic oxidation sites excluding steroid dienone is 1. The third kappa shape index (κ3) is 5.97. The van der Waals surface area contributed by atoms with E-state index in [1.165, 1.54) is 28.6 Å². The van der Waals surface area contributed by atoms with Crippen LogP contribution in [-0.4, -0.2) is 73.4 Å². The van der Waals surface area contributed by atoms with Crippen molar-refractivity contribution in [2.45, 2.75) is 40.8 Å². The maximum atomic E-state index is 13.7. The number of sulfone groups is 1. The van der Waals surface area contributed by atoms with E-state index < -0.39 is 9.84 Å². The third-order valence-corrected chi connectivity index (χ3v) is 8.75. The fourth-order valence-corrected chi connectivity index (χ4v) is 5.95. The van der Waals surface area contributed by atoms with Crippen LogP contribution in [0.4, 0.5) is 5.69 Å². The van der Waals surface area contributed by atoms with Crippen LogP contribution in [0.2, 0.25) is 0 Å². The van der Waals surface area contributed by atoms with Crippen LogP contribution in [0, 0.1) is 27.7 Å². The van der Waals surface area contributed by atoms with Crippen LogP contribution in [0.15, 0.2) is 43.0 Å². The van der Waals surface area contributed by atoms with Gasteiger partial charge in [-0.05, 0) is 62.1 Å². The minimum absolute atomic E-state index is 0.0123. The van der Waals surface area contributed by atoms with Gasteiger partial charge in [-0.25, -0.2) is 8.42 Å². The Morgan fingerprint density at radius 1 is 1.05 bits per heavy atom. The van der Waals surface area contributed by atoms with Gasteiger partial charge >= 0.3 is 0 Å². The molecule has 4 rings (SSSR count). The molecule has 2 heterocycles. The highest BCUT2D eigenvalue weighted by atomic mass is 32.2. The van der Waals surface area contributed by atoms with E-state index in [0.717, 1.165) is 22.2 Å². The Balaban J connectivity index is 1.64. The first kappa shape index (κ1) is 27.9. The van der Waals surface area contributed by atoms with E-state index in [0.29, 0.717) is 51.4 Å². The number of aromatic nitrogens is 1. The second kappa shape index (κ2) is 11.3. The molecule has 1 aliphatic rings. The predicted molar refractivity (Wildman–Crippen MR) is 157 cm³/mol. The fourth-order valence-electron chi connectivity index (χ4n) is 5.36. The van der Waals surface area contributed by atoms with Crippen LogP contribution < -0.4 is 5.32 Å². The maximum Gasteiger partial charge on any atom is 0.254 e. The molecular weight excluding hydrogens is 496 g/mol. The van der Waals surface area contributed by atoms with Crippen LogP contribution in [0.5, 0.6) is 0 Å². The summed E-state index contributed by atoms with van der Waals surface area (Å²) in [4.78, 5) is 17.7. The van der Waals surface area contributed by atoms with Gasteiger partial charge in [0.05, 0.1) is 17.0 Å². The molecule has 8 heteroatoms. The summed E-state index contributed by atoms with van der Waals surface area (Å²) in [6.07, 6.45) is 3.17. The lowest BCUT2D eigenvalue weighted by atomic mass is 10.0. The number of fused-ring (bicyclic) bond motifs is 1. The number of nitrogens with one attached hydrogen (secondary N) is 1. The minimum atomic E-state index is -3.00. The molecule has 1 N–H and O–H groups in total. The number of piperazine rings is 1. The first-order valence-corrected chi connectivity index (χ1v) is 15.3. The molecule has 1 aromatic heterocycles. The Morgan fingerprint density at radius 2 is 1.71 bits per heavy atom. The van der Waals surface area contributed by atoms with E-state index in [2.05, 4.69) is 67.3 Å². The van der Waals surface area contributed by atoms with Crippen molar-refractivity contribution in [3.8, 4) is 0 Å². The normalized spacial score (nSPS) is 14.7. The topological polar surface area (TPSA) is 74.7 Å². The van der Waals surface area contributed by atoms with E-state index in [4.69, 9.17) is 0 Å². The molecule has 2 aromatic carbocycles. The van der Waals surface area contributed by atoms with Gasteiger partial charge in [-0.1, -0.05) is 24.3 Å².